The minimum Gasteiger partial charge on any atom is -0.457 e. The third-order valence-corrected chi connectivity index (χ3v) is 12.5. The van der Waals surface area contributed by atoms with E-state index < -0.39 is 0 Å². The van der Waals surface area contributed by atoms with E-state index in [2.05, 4.69) is 197 Å². The van der Waals surface area contributed by atoms with Gasteiger partial charge in [0.25, 0.3) is 0 Å². The summed E-state index contributed by atoms with van der Waals surface area (Å²) in [6.45, 7) is 16.7. The summed E-state index contributed by atoms with van der Waals surface area (Å²) in [6, 6.07) is 50.6. The minimum absolute atomic E-state index is 0.678. The highest BCUT2D eigenvalue weighted by molar-refractivity contribution is 6.06. The lowest BCUT2D eigenvalue weighted by Gasteiger charge is -2.16. The van der Waals surface area contributed by atoms with Gasteiger partial charge < -0.3 is 8.83 Å². The summed E-state index contributed by atoms with van der Waals surface area (Å²) in [4.78, 5) is 4.23. The Bertz CT molecular complexity index is 3270. The predicted octanol–water partition coefficient (Wildman–Crippen LogP) is 19.2. The van der Waals surface area contributed by atoms with E-state index in [-0.39, 0.29) is 0 Å². The summed E-state index contributed by atoms with van der Waals surface area (Å²) in [5, 5.41) is 3.25. The Morgan fingerprint density at radius 1 is 0.591 bits per heavy atom. The molecule has 6 aromatic carbocycles. The molecule has 0 spiro atoms. The van der Waals surface area contributed by atoms with Crippen LogP contribution in [0.4, 0.5) is 0 Å². The molecule has 1 aliphatic carbocycles. The van der Waals surface area contributed by atoms with E-state index in [1.165, 1.54) is 62.9 Å². The van der Waals surface area contributed by atoms with Crippen molar-refractivity contribution in [3.63, 3.8) is 0 Å². The van der Waals surface area contributed by atoms with Crippen molar-refractivity contribution in [3.05, 3.63) is 204 Å². The largest absolute Gasteiger partial charge is 0.457 e. The van der Waals surface area contributed by atoms with Crippen LogP contribution in [0.2, 0.25) is 0 Å². The van der Waals surface area contributed by atoms with Gasteiger partial charge >= 0.3 is 0 Å². The Morgan fingerprint density at radius 2 is 1.20 bits per heavy atom. The van der Waals surface area contributed by atoms with Crippen molar-refractivity contribution >= 4 is 50.1 Å². The molecule has 1 saturated carbocycles. The van der Waals surface area contributed by atoms with Gasteiger partial charge in [-0.2, -0.15) is 0 Å². The standard InChI is InChI=1S/C59H49NO2.2C2H6/c1-5-11-52(38(4)6-2)55-35-48(21-25-53(55)40-18-19-40)45-16-8-12-41(30-45)39(7-3)20-24-51-34-50-33-47(22-26-57(50)61-51)44-15-9-13-42(31-44)43-14-10-17-46(32-43)49-23-27-58-56(36-49)54-28-29-60-37-59(54)62-58;2*1-2/h5,7-17,20-37,40H,6,18-19H2,1-4H3;2*1-2H3/b11-5-,24-20-,39-7+,52-38+;;. The fourth-order valence-corrected chi connectivity index (χ4v) is 8.84. The molecule has 1 fully saturated rings. The molecule has 0 saturated heterocycles. The number of rotatable bonds is 11. The normalized spacial score (nSPS) is 13.2. The van der Waals surface area contributed by atoms with Crippen LogP contribution >= 0.6 is 0 Å². The first-order valence-electron chi connectivity index (χ1n) is 23.9. The molecule has 0 aliphatic heterocycles. The second-order valence-electron chi connectivity index (χ2n) is 16.5. The molecular formula is C63H61NO2. The monoisotopic (exact) mass is 863 g/mol. The summed E-state index contributed by atoms with van der Waals surface area (Å²) in [7, 11) is 0. The minimum atomic E-state index is 0.678. The van der Waals surface area contributed by atoms with Gasteiger partial charge in [0, 0.05) is 22.4 Å². The molecule has 0 bridgehead atoms. The van der Waals surface area contributed by atoms with Crippen molar-refractivity contribution in [1.29, 1.82) is 0 Å². The SMILES string of the molecule is C/C=C\C(=C(\C)CC)c1cc(-c2cccc(C(/C=C\c3cc4cc(-c5cccc(-c6cccc(-c7ccc8oc9cnccc9c8c7)c6)c5)ccc4o3)=C/C)c2)ccc1C1CC1.CC.CC. The first-order chi connectivity index (χ1) is 32.5. The Morgan fingerprint density at radius 3 is 1.85 bits per heavy atom. The second-order valence-corrected chi connectivity index (χ2v) is 16.5. The van der Waals surface area contributed by atoms with Gasteiger partial charge in [-0.1, -0.05) is 143 Å². The molecule has 3 aromatic heterocycles. The smallest absolute Gasteiger partial charge is 0.153 e. The molecule has 0 atom stereocenters. The maximum atomic E-state index is 6.36. The van der Waals surface area contributed by atoms with Crippen LogP contribution in [0.1, 0.15) is 103 Å². The summed E-state index contributed by atoms with van der Waals surface area (Å²) in [5.41, 5.74) is 20.0. The fourth-order valence-electron chi connectivity index (χ4n) is 8.84. The topological polar surface area (TPSA) is 39.2 Å². The van der Waals surface area contributed by atoms with Gasteiger partial charge in [0.15, 0.2) is 5.58 Å². The average molecular weight is 864 g/mol. The van der Waals surface area contributed by atoms with Gasteiger partial charge in [-0.25, -0.2) is 0 Å². The van der Waals surface area contributed by atoms with Gasteiger partial charge in [0.2, 0.25) is 0 Å². The van der Waals surface area contributed by atoms with Gasteiger partial charge in [0.05, 0.1) is 6.20 Å². The quantitative estimate of drug-likeness (QED) is 0.122. The molecule has 0 N–H and O–H groups in total. The van der Waals surface area contributed by atoms with E-state index in [4.69, 9.17) is 8.83 Å². The van der Waals surface area contributed by atoms with Crippen molar-refractivity contribution in [3.8, 4) is 44.5 Å². The van der Waals surface area contributed by atoms with Crippen LogP contribution in [0.25, 0.3) is 94.6 Å². The molecule has 0 amide bonds. The van der Waals surface area contributed by atoms with Gasteiger partial charge in [-0.3, -0.25) is 4.98 Å². The van der Waals surface area contributed by atoms with E-state index in [1.54, 1.807) is 6.20 Å². The maximum Gasteiger partial charge on any atom is 0.153 e. The molecule has 9 aromatic rings. The Hall–Kier alpha value is -7.23. The summed E-state index contributed by atoms with van der Waals surface area (Å²) in [6.07, 6.45) is 18.1. The van der Waals surface area contributed by atoms with Gasteiger partial charge in [-0.05, 0) is 185 Å². The Balaban J connectivity index is 0.00000144. The number of benzene rings is 6. The van der Waals surface area contributed by atoms with E-state index >= 15 is 0 Å². The molecule has 10 rings (SSSR count). The average Bonchev–Trinajstić information content (AvgIpc) is 4.05. The number of aromatic nitrogens is 1. The van der Waals surface area contributed by atoms with Crippen LogP contribution in [-0.4, -0.2) is 4.98 Å². The van der Waals surface area contributed by atoms with Gasteiger partial charge in [-0.15, -0.1) is 0 Å². The lowest BCUT2D eigenvalue weighted by Crippen LogP contribution is -1.95. The summed E-state index contributed by atoms with van der Waals surface area (Å²) >= 11 is 0. The zero-order valence-corrected chi connectivity index (χ0v) is 39.8. The fraction of sp³-hybridized carbons (Fsp3) is 0.190. The lowest BCUT2D eigenvalue weighted by atomic mass is 9.89. The molecule has 330 valence electrons. The zero-order chi connectivity index (χ0) is 46.2. The molecule has 3 heterocycles. The predicted molar refractivity (Wildman–Crippen MR) is 285 cm³/mol. The van der Waals surface area contributed by atoms with Crippen LogP contribution in [0.3, 0.4) is 0 Å². The van der Waals surface area contributed by atoms with Crippen LogP contribution < -0.4 is 0 Å². The van der Waals surface area contributed by atoms with Crippen LogP contribution in [0.5, 0.6) is 0 Å². The van der Waals surface area contributed by atoms with Crippen LogP contribution in [0, 0.1) is 0 Å². The van der Waals surface area contributed by atoms with E-state index in [0.717, 1.165) is 72.9 Å². The molecule has 0 unspecified atom stereocenters. The highest BCUT2D eigenvalue weighted by Gasteiger charge is 2.27. The van der Waals surface area contributed by atoms with Crippen LogP contribution in [-0.2, 0) is 0 Å². The lowest BCUT2D eigenvalue weighted by molar-refractivity contribution is 0.604. The third kappa shape index (κ3) is 9.58. The third-order valence-electron chi connectivity index (χ3n) is 12.5. The number of nitrogens with zero attached hydrogens (tertiary/aromatic N) is 1. The van der Waals surface area contributed by atoms with Crippen molar-refractivity contribution < 1.29 is 8.83 Å². The molecule has 3 heteroatoms. The highest BCUT2D eigenvalue weighted by atomic mass is 16.3. The maximum absolute atomic E-state index is 6.36. The second kappa shape index (κ2) is 20.7. The number of furan rings is 2. The van der Waals surface area contributed by atoms with Gasteiger partial charge in [0.1, 0.15) is 16.9 Å². The number of allylic oxidation sites excluding steroid dienone is 7. The number of hydrogen-bond acceptors (Lipinski definition) is 3. The zero-order valence-electron chi connectivity index (χ0n) is 39.8. The molecular weight excluding hydrogens is 803 g/mol. The first kappa shape index (κ1) is 45.3. The summed E-state index contributed by atoms with van der Waals surface area (Å²) in [5.74, 6) is 1.50. The van der Waals surface area contributed by atoms with Crippen molar-refractivity contribution in [2.24, 2.45) is 0 Å². The van der Waals surface area contributed by atoms with E-state index in [1.807, 2.05) is 40.0 Å². The van der Waals surface area contributed by atoms with E-state index in [0.29, 0.717) is 5.92 Å². The number of pyridine rings is 1. The number of hydrogen-bond donors (Lipinski definition) is 0. The molecule has 3 nitrogen and oxygen atoms in total. The highest BCUT2D eigenvalue weighted by Crippen LogP contribution is 2.45. The Labute approximate surface area is 391 Å². The van der Waals surface area contributed by atoms with Crippen molar-refractivity contribution in [2.45, 2.75) is 80.6 Å². The van der Waals surface area contributed by atoms with Crippen LogP contribution in [0.15, 0.2) is 191 Å². The van der Waals surface area contributed by atoms with E-state index in [9.17, 15) is 0 Å². The Kier molecular flexibility index (Phi) is 14.2. The molecule has 0 radical (unpaired) electrons. The number of fused-ring (bicyclic) bond motifs is 4. The summed E-state index contributed by atoms with van der Waals surface area (Å²) < 4.78 is 12.4. The first-order valence-corrected chi connectivity index (χ1v) is 23.9. The van der Waals surface area contributed by atoms with Crippen molar-refractivity contribution in [1.82, 2.24) is 4.98 Å². The molecule has 66 heavy (non-hydrogen) atoms. The van der Waals surface area contributed by atoms with Crippen molar-refractivity contribution in [2.75, 3.05) is 0 Å². The molecule has 1 aliphatic rings.